The summed E-state index contributed by atoms with van der Waals surface area (Å²) in [4.78, 5) is 12.0. The number of halogens is 3. The van der Waals surface area contributed by atoms with Crippen molar-refractivity contribution >= 4 is 16.7 Å². The zero-order valence-corrected chi connectivity index (χ0v) is 14.4. The summed E-state index contributed by atoms with van der Waals surface area (Å²) in [5.41, 5.74) is 2.58. The fourth-order valence-corrected chi connectivity index (χ4v) is 3.39. The van der Waals surface area contributed by atoms with Gasteiger partial charge in [-0.25, -0.2) is 5.01 Å². The molecule has 1 amide bonds. The number of hydrogen-bond acceptors (Lipinski definition) is 2. The Bertz CT molecular complexity index is 814. The van der Waals surface area contributed by atoms with E-state index in [9.17, 15) is 18.0 Å². The van der Waals surface area contributed by atoms with Crippen molar-refractivity contribution in [2.75, 3.05) is 6.54 Å². The monoisotopic (exact) mass is 350 g/mol. The number of benzene rings is 2. The van der Waals surface area contributed by atoms with E-state index in [1.54, 1.807) is 26.0 Å². The molecule has 1 aliphatic heterocycles. The highest BCUT2D eigenvalue weighted by molar-refractivity contribution is 5.87. The standard InChI is InChI=1S/C19H21F3N2O/c1-4-12-9-14(10-13-7-5-6-8-15(12)13)16(19(20,21)22)24-11-18(2,3)17(25)23-24/h5-10,16H,4,11H2,1-3H3,(H,23,25)/t16-/m0/s1. The van der Waals surface area contributed by atoms with Crippen LogP contribution >= 0.6 is 0 Å². The molecule has 1 atom stereocenters. The Morgan fingerprint density at radius 1 is 1.24 bits per heavy atom. The molecular weight excluding hydrogens is 329 g/mol. The number of carbonyl (C=O) groups is 1. The van der Waals surface area contributed by atoms with E-state index in [0.29, 0.717) is 6.42 Å². The molecule has 2 aromatic carbocycles. The summed E-state index contributed by atoms with van der Waals surface area (Å²) < 4.78 is 41.6. The van der Waals surface area contributed by atoms with E-state index < -0.39 is 23.5 Å². The SMILES string of the molecule is CCc1cc([C@H](N2CC(C)(C)C(=O)N2)C(F)(F)F)cc2ccccc12. The van der Waals surface area contributed by atoms with Crippen molar-refractivity contribution in [2.24, 2.45) is 5.41 Å². The average molecular weight is 350 g/mol. The topological polar surface area (TPSA) is 32.3 Å². The van der Waals surface area contributed by atoms with E-state index in [1.165, 1.54) is 0 Å². The molecule has 3 rings (SSSR count). The number of aryl methyl sites for hydroxylation is 1. The van der Waals surface area contributed by atoms with Crippen LogP contribution in [0.25, 0.3) is 10.8 Å². The molecule has 1 N–H and O–H groups in total. The molecule has 2 aromatic rings. The number of fused-ring (bicyclic) bond motifs is 1. The molecule has 0 aliphatic carbocycles. The van der Waals surface area contributed by atoms with Gasteiger partial charge in [0.25, 0.3) is 0 Å². The minimum absolute atomic E-state index is 0.00426. The Kier molecular flexibility index (Phi) is 4.27. The maximum Gasteiger partial charge on any atom is 0.409 e. The van der Waals surface area contributed by atoms with Crippen molar-refractivity contribution in [2.45, 2.75) is 39.4 Å². The lowest BCUT2D eigenvalue weighted by atomic mass is 9.92. The van der Waals surface area contributed by atoms with Gasteiger partial charge in [-0.2, -0.15) is 13.2 Å². The summed E-state index contributed by atoms with van der Waals surface area (Å²) in [7, 11) is 0. The molecule has 0 aromatic heterocycles. The van der Waals surface area contributed by atoms with Crippen LogP contribution in [-0.2, 0) is 11.2 Å². The van der Waals surface area contributed by atoms with Gasteiger partial charge < -0.3 is 0 Å². The van der Waals surface area contributed by atoms with Gasteiger partial charge in [-0.15, -0.1) is 0 Å². The third-order valence-corrected chi connectivity index (χ3v) is 4.71. The summed E-state index contributed by atoms with van der Waals surface area (Å²) in [6, 6.07) is 8.75. The van der Waals surface area contributed by atoms with Gasteiger partial charge in [-0.05, 0) is 48.2 Å². The fraction of sp³-hybridized carbons (Fsp3) is 0.421. The van der Waals surface area contributed by atoms with E-state index in [1.807, 2.05) is 31.2 Å². The fourth-order valence-electron chi connectivity index (χ4n) is 3.39. The number of amides is 1. The third-order valence-electron chi connectivity index (χ3n) is 4.71. The van der Waals surface area contributed by atoms with Gasteiger partial charge in [0.1, 0.15) is 6.04 Å². The van der Waals surface area contributed by atoms with Gasteiger partial charge in [0.05, 0.1) is 5.41 Å². The van der Waals surface area contributed by atoms with Crippen LogP contribution in [0.1, 0.15) is 37.9 Å². The number of hydrazine groups is 1. The number of hydrogen-bond donors (Lipinski definition) is 1. The number of rotatable bonds is 3. The average Bonchev–Trinajstić information content (AvgIpc) is 2.78. The Morgan fingerprint density at radius 3 is 2.48 bits per heavy atom. The molecule has 1 saturated heterocycles. The first-order valence-corrected chi connectivity index (χ1v) is 8.29. The minimum atomic E-state index is -4.50. The molecule has 0 saturated carbocycles. The minimum Gasteiger partial charge on any atom is -0.287 e. The van der Waals surface area contributed by atoms with E-state index >= 15 is 0 Å². The number of nitrogens with one attached hydrogen (secondary N) is 1. The first kappa shape index (κ1) is 17.7. The van der Waals surface area contributed by atoms with E-state index in [2.05, 4.69) is 5.43 Å². The molecular formula is C19H21F3N2O. The van der Waals surface area contributed by atoms with Crippen LogP contribution in [-0.4, -0.2) is 23.6 Å². The lowest BCUT2D eigenvalue weighted by molar-refractivity contribution is -0.191. The van der Waals surface area contributed by atoms with E-state index in [0.717, 1.165) is 21.3 Å². The maximum absolute atomic E-state index is 13.9. The zero-order chi connectivity index (χ0) is 18.4. The molecule has 134 valence electrons. The lowest BCUT2D eigenvalue weighted by Gasteiger charge is -2.30. The highest BCUT2D eigenvalue weighted by Crippen LogP contribution is 2.41. The van der Waals surface area contributed by atoms with Crippen LogP contribution in [0, 0.1) is 5.41 Å². The second-order valence-corrected chi connectivity index (χ2v) is 7.15. The van der Waals surface area contributed by atoms with Crippen molar-refractivity contribution in [3.8, 4) is 0 Å². The summed E-state index contributed by atoms with van der Waals surface area (Å²) >= 11 is 0. The van der Waals surface area contributed by atoms with E-state index in [4.69, 9.17) is 0 Å². The third kappa shape index (κ3) is 3.23. The second-order valence-electron chi connectivity index (χ2n) is 7.15. The zero-order valence-electron chi connectivity index (χ0n) is 14.4. The van der Waals surface area contributed by atoms with E-state index in [-0.39, 0.29) is 12.1 Å². The van der Waals surface area contributed by atoms with Crippen molar-refractivity contribution in [3.05, 3.63) is 47.5 Å². The van der Waals surface area contributed by atoms with Gasteiger partial charge in [0.15, 0.2) is 0 Å². The van der Waals surface area contributed by atoms with Crippen molar-refractivity contribution in [1.82, 2.24) is 10.4 Å². The quantitative estimate of drug-likeness (QED) is 0.891. The molecule has 1 aliphatic rings. The molecule has 0 radical (unpaired) electrons. The lowest BCUT2D eigenvalue weighted by Crippen LogP contribution is -2.43. The van der Waals surface area contributed by atoms with Gasteiger partial charge in [0.2, 0.25) is 5.91 Å². The highest BCUT2D eigenvalue weighted by Gasteiger charge is 2.51. The Hall–Kier alpha value is -2.08. The van der Waals surface area contributed by atoms with Crippen LogP contribution < -0.4 is 5.43 Å². The molecule has 6 heteroatoms. The predicted octanol–water partition coefficient (Wildman–Crippen LogP) is 4.38. The van der Waals surface area contributed by atoms with Crippen LogP contribution in [0.3, 0.4) is 0 Å². The maximum atomic E-state index is 13.9. The Morgan fingerprint density at radius 2 is 1.92 bits per heavy atom. The molecule has 25 heavy (non-hydrogen) atoms. The molecule has 1 heterocycles. The summed E-state index contributed by atoms with van der Waals surface area (Å²) in [5, 5.41) is 2.75. The van der Waals surface area contributed by atoms with Crippen LogP contribution in [0.4, 0.5) is 13.2 Å². The predicted molar refractivity (Wildman–Crippen MR) is 90.8 cm³/mol. The van der Waals surface area contributed by atoms with Crippen molar-refractivity contribution in [1.29, 1.82) is 0 Å². The second kappa shape index (κ2) is 6.02. The van der Waals surface area contributed by atoms with Crippen molar-refractivity contribution < 1.29 is 18.0 Å². The van der Waals surface area contributed by atoms with Crippen LogP contribution in [0.5, 0.6) is 0 Å². The van der Waals surface area contributed by atoms with Gasteiger partial charge in [0, 0.05) is 6.54 Å². The van der Waals surface area contributed by atoms with Crippen LogP contribution in [0.2, 0.25) is 0 Å². The molecule has 1 fully saturated rings. The smallest absolute Gasteiger partial charge is 0.287 e. The highest BCUT2D eigenvalue weighted by atomic mass is 19.4. The summed E-state index contributed by atoms with van der Waals surface area (Å²) in [5.74, 6) is -0.391. The van der Waals surface area contributed by atoms with Crippen molar-refractivity contribution in [3.63, 3.8) is 0 Å². The number of carbonyl (C=O) groups excluding carboxylic acids is 1. The normalized spacial score (nSPS) is 19.2. The Balaban J connectivity index is 2.12. The van der Waals surface area contributed by atoms with Gasteiger partial charge in [-0.3, -0.25) is 10.2 Å². The molecule has 0 spiro atoms. The largest absolute Gasteiger partial charge is 0.409 e. The van der Waals surface area contributed by atoms with Gasteiger partial charge in [-0.1, -0.05) is 37.3 Å². The molecule has 0 bridgehead atoms. The molecule has 3 nitrogen and oxygen atoms in total. The summed E-state index contributed by atoms with van der Waals surface area (Å²) in [6.07, 6.45) is -3.86. The Labute approximate surface area is 144 Å². The first-order valence-electron chi connectivity index (χ1n) is 8.29. The molecule has 0 unspecified atom stereocenters. The van der Waals surface area contributed by atoms with Crippen LogP contribution in [0.15, 0.2) is 36.4 Å². The first-order chi connectivity index (χ1) is 11.6. The number of alkyl halides is 3. The summed E-state index contributed by atoms with van der Waals surface area (Å²) in [6.45, 7) is 5.22. The number of nitrogens with zero attached hydrogens (tertiary/aromatic N) is 1. The van der Waals surface area contributed by atoms with Gasteiger partial charge >= 0.3 is 6.18 Å².